The second-order valence-corrected chi connectivity index (χ2v) is 5.90. The molecule has 23 heavy (non-hydrogen) atoms. The molecule has 1 aliphatic rings. The molecule has 1 amide bonds. The van der Waals surface area contributed by atoms with E-state index in [1.807, 2.05) is 19.9 Å². The zero-order valence-electron chi connectivity index (χ0n) is 13.2. The number of rotatable bonds is 5. The van der Waals surface area contributed by atoms with Crippen LogP contribution in [0.1, 0.15) is 29.8 Å². The van der Waals surface area contributed by atoms with Gasteiger partial charge in [0.25, 0.3) is 5.91 Å². The Balaban J connectivity index is 1.70. The van der Waals surface area contributed by atoms with E-state index >= 15 is 0 Å². The number of benzene rings is 1. The Morgan fingerprint density at radius 2 is 2.04 bits per heavy atom. The van der Waals surface area contributed by atoms with Gasteiger partial charge in [-0.25, -0.2) is 9.82 Å². The molecule has 1 aliphatic carbocycles. The van der Waals surface area contributed by atoms with Crippen LogP contribution >= 0.6 is 0 Å². The summed E-state index contributed by atoms with van der Waals surface area (Å²) in [7, 11) is 0. The third-order valence-electron chi connectivity index (χ3n) is 3.80. The van der Waals surface area contributed by atoms with E-state index in [9.17, 15) is 9.18 Å². The molecule has 0 saturated heterocycles. The molecule has 0 atom stereocenters. The minimum Gasteiger partial charge on any atom is -0.271 e. The fourth-order valence-corrected chi connectivity index (χ4v) is 2.50. The summed E-state index contributed by atoms with van der Waals surface area (Å²) < 4.78 is 14.7. The minimum absolute atomic E-state index is 0.130. The molecule has 2 aromatic rings. The third-order valence-corrected chi connectivity index (χ3v) is 3.80. The number of carbonyl (C=O) groups excluding carboxylic acids is 1. The van der Waals surface area contributed by atoms with Crippen molar-refractivity contribution in [1.29, 1.82) is 0 Å². The predicted octanol–water partition coefficient (Wildman–Crippen LogP) is 2.57. The first-order chi connectivity index (χ1) is 11.0. The van der Waals surface area contributed by atoms with Crippen molar-refractivity contribution in [1.82, 2.24) is 15.2 Å². The molecule has 0 bridgehead atoms. The van der Waals surface area contributed by atoms with E-state index < -0.39 is 0 Å². The summed E-state index contributed by atoms with van der Waals surface area (Å²) in [5.41, 5.74) is 6.07. The Morgan fingerprint density at radius 3 is 2.61 bits per heavy atom. The molecular formula is C17H19FN4O. The van der Waals surface area contributed by atoms with Crippen LogP contribution in [0.25, 0.3) is 0 Å². The quantitative estimate of drug-likeness (QED) is 0.681. The van der Waals surface area contributed by atoms with Crippen LogP contribution < -0.4 is 5.43 Å². The van der Waals surface area contributed by atoms with Crippen molar-refractivity contribution in [3.05, 3.63) is 53.1 Å². The lowest BCUT2D eigenvalue weighted by Crippen LogP contribution is -2.26. The lowest BCUT2D eigenvalue weighted by Gasteiger charge is -2.07. The molecule has 3 rings (SSSR count). The van der Waals surface area contributed by atoms with Gasteiger partial charge in [0.1, 0.15) is 12.4 Å². The second kappa shape index (κ2) is 6.32. The number of amides is 1. The van der Waals surface area contributed by atoms with Gasteiger partial charge in [-0.05, 0) is 50.5 Å². The summed E-state index contributed by atoms with van der Waals surface area (Å²) in [5.74, 6) is -0.164. The van der Waals surface area contributed by atoms with Gasteiger partial charge in [-0.1, -0.05) is 12.1 Å². The number of nitrogens with zero attached hydrogens (tertiary/aromatic N) is 3. The van der Waals surface area contributed by atoms with E-state index in [1.165, 1.54) is 12.1 Å². The number of aryl methyl sites for hydroxylation is 2. The molecule has 0 aliphatic heterocycles. The van der Waals surface area contributed by atoms with Crippen LogP contribution in [0, 0.1) is 25.6 Å². The summed E-state index contributed by atoms with van der Waals surface area (Å²) in [6, 6.07) is 8.12. The average Bonchev–Trinajstić information content (AvgIpc) is 3.28. The summed E-state index contributed by atoms with van der Waals surface area (Å²) in [5, 5.41) is 8.53. The van der Waals surface area contributed by atoms with Crippen LogP contribution in [0.2, 0.25) is 0 Å². The van der Waals surface area contributed by atoms with Crippen LogP contribution in [0.4, 0.5) is 4.39 Å². The first-order valence-corrected chi connectivity index (χ1v) is 7.66. The van der Waals surface area contributed by atoms with Gasteiger partial charge < -0.3 is 0 Å². The molecule has 0 spiro atoms. The Bertz CT molecular complexity index is 744. The van der Waals surface area contributed by atoms with E-state index in [4.69, 9.17) is 0 Å². The van der Waals surface area contributed by atoms with Crippen LogP contribution in [0.15, 0.2) is 35.4 Å². The van der Waals surface area contributed by atoms with Crippen LogP contribution in [0.5, 0.6) is 0 Å². The summed E-state index contributed by atoms with van der Waals surface area (Å²) in [6.45, 7) is 3.93. The highest BCUT2D eigenvalue weighted by atomic mass is 19.1. The Hall–Kier alpha value is -2.50. The maximum Gasteiger partial charge on any atom is 0.261 e. The fourth-order valence-electron chi connectivity index (χ4n) is 2.50. The van der Waals surface area contributed by atoms with Crippen molar-refractivity contribution in [2.75, 3.05) is 0 Å². The van der Waals surface area contributed by atoms with Gasteiger partial charge >= 0.3 is 0 Å². The number of hydrazone groups is 1. The lowest BCUT2D eigenvalue weighted by atomic mass is 10.1. The lowest BCUT2D eigenvalue weighted by molar-refractivity contribution is -0.121. The van der Waals surface area contributed by atoms with E-state index in [0.29, 0.717) is 5.92 Å². The monoisotopic (exact) mass is 314 g/mol. The smallest absolute Gasteiger partial charge is 0.261 e. The number of halogens is 1. The number of hydrogen-bond donors (Lipinski definition) is 1. The van der Waals surface area contributed by atoms with Gasteiger partial charge in [0.15, 0.2) is 0 Å². The molecule has 1 N–H and O–H groups in total. The van der Waals surface area contributed by atoms with Gasteiger partial charge in [0, 0.05) is 11.6 Å². The van der Waals surface area contributed by atoms with Crippen LogP contribution in [-0.2, 0) is 11.3 Å². The Morgan fingerprint density at radius 1 is 1.35 bits per heavy atom. The molecule has 5 nitrogen and oxygen atoms in total. The Labute approximate surface area is 134 Å². The second-order valence-electron chi connectivity index (χ2n) is 5.90. The standard InChI is InChI=1S/C17H19FN4O/c1-11-9-12(2)22(21-11)10-16(23)19-20-17(13-3-4-13)14-5-7-15(18)8-6-14/h5-9,13H,3-4,10H2,1-2H3,(H,19,23). The van der Waals surface area contributed by atoms with Gasteiger partial charge in [-0.3, -0.25) is 9.48 Å². The Kier molecular flexibility index (Phi) is 4.23. The van der Waals surface area contributed by atoms with E-state index in [0.717, 1.165) is 35.5 Å². The summed E-state index contributed by atoms with van der Waals surface area (Å²) in [6.07, 6.45) is 2.09. The molecule has 1 heterocycles. The number of carbonyl (C=O) groups is 1. The molecule has 1 aromatic heterocycles. The third kappa shape index (κ3) is 3.83. The number of aromatic nitrogens is 2. The average molecular weight is 314 g/mol. The van der Waals surface area contributed by atoms with Crippen molar-refractivity contribution in [3.63, 3.8) is 0 Å². The topological polar surface area (TPSA) is 59.3 Å². The number of hydrogen-bond acceptors (Lipinski definition) is 3. The minimum atomic E-state index is -0.280. The fraction of sp³-hybridized carbons (Fsp3) is 0.353. The highest BCUT2D eigenvalue weighted by Gasteiger charge is 2.29. The zero-order chi connectivity index (χ0) is 16.4. The maximum absolute atomic E-state index is 13.0. The van der Waals surface area contributed by atoms with Crippen molar-refractivity contribution >= 4 is 11.6 Å². The first kappa shape index (κ1) is 15.4. The zero-order valence-corrected chi connectivity index (χ0v) is 13.2. The van der Waals surface area contributed by atoms with Crippen molar-refractivity contribution in [2.45, 2.75) is 33.2 Å². The van der Waals surface area contributed by atoms with Gasteiger partial charge in [0.05, 0.1) is 11.4 Å². The molecule has 1 saturated carbocycles. The molecule has 120 valence electrons. The van der Waals surface area contributed by atoms with Crippen molar-refractivity contribution in [2.24, 2.45) is 11.0 Å². The van der Waals surface area contributed by atoms with Gasteiger partial charge in [-0.2, -0.15) is 10.2 Å². The summed E-state index contributed by atoms with van der Waals surface area (Å²) >= 11 is 0. The highest BCUT2D eigenvalue weighted by Crippen LogP contribution is 2.33. The normalized spacial score (nSPS) is 14.8. The summed E-state index contributed by atoms with van der Waals surface area (Å²) in [4.78, 5) is 12.1. The van der Waals surface area contributed by atoms with E-state index in [-0.39, 0.29) is 18.3 Å². The molecule has 1 fully saturated rings. The number of nitrogens with one attached hydrogen (secondary N) is 1. The molecule has 6 heteroatoms. The van der Waals surface area contributed by atoms with Gasteiger partial charge in [-0.15, -0.1) is 0 Å². The van der Waals surface area contributed by atoms with Crippen LogP contribution in [0.3, 0.4) is 0 Å². The first-order valence-electron chi connectivity index (χ1n) is 7.66. The highest BCUT2D eigenvalue weighted by molar-refractivity contribution is 6.04. The maximum atomic E-state index is 13.0. The molecule has 0 radical (unpaired) electrons. The molecule has 1 aromatic carbocycles. The van der Waals surface area contributed by atoms with Crippen molar-refractivity contribution in [3.8, 4) is 0 Å². The largest absolute Gasteiger partial charge is 0.271 e. The SMILES string of the molecule is Cc1cc(C)n(CC(=O)NN=C(c2ccc(F)cc2)C2CC2)n1. The van der Waals surface area contributed by atoms with Gasteiger partial charge in [0.2, 0.25) is 0 Å². The van der Waals surface area contributed by atoms with Crippen LogP contribution in [-0.4, -0.2) is 21.4 Å². The molecule has 0 unspecified atom stereocenters. The van der Waals surface area contributed by atoms with Crippen molar-refractivity contribution < 1.29 is 9.18 Å². The van der Waals surface area contributed by atoms with E-state index in [2.05, 4.69) is 15.6 Å². The molecular weight excluding hydrogens is 295 g/mol. The predicted molar refractivity (Wildman–Crippen MR) is 85.5 cm³/mol. The van der Waals surface area contributed by atoms with E-state index in [1.54, 1.807) is 16.8 Å².